The lowest BCUT2D eigenvalue weighted by atomic mass is 10.1. The molecule has 108 valence electrons. The lowest BCUT2D eigenvalue weighted by Crippen LogP contribution is -2.12. The summed E-state index contributed by atoms with van der Waals surface area (Å²) < 4.78 is 10.9. The second-order valence-electron chi connectivity index (χ2n) is 4.75. The highest BCUT2D eigenvalue weighted by Crippen LogP contribution is 2.20. The van der Waals surface area contributed by atoms with E-state index in [0.717, 1.165) is 25.4 Å². The Labute approximate surface area is 115 Å². The molecule has 1 rings (SSSR count). The van der Waals surface area contributed by atoms with E-state index >= 15 is 0 Å². The molecule has 0 saturated heterocycles. The second-order valence-corrected chi connectivity index (χ2v) is 4.75. The van der Waals surface area contributed by atoms with Gasteiger partial charge in [0.1, 0.15) is 5.82 Å². The molecule has 1 heterocycles. The van der Waals surface area contributed by atoms with Crippen LogP contribution in [0.2, 0.25) is 0 Å². The first kappa shape index (κ1) is 15.6. The predicted octanol–water partition coefficient (Wildman–Crippen LogP) is 2.54. The van der Waals surface area contributed by atoms with Crippen molar-refractivity contribution >= 4 is 11.5 Å². The third kappa shape index (κ3) is 6.29. The van der Waals surface area contributed by atoms with Crippen molar-refractivity contribution in [2.24, 2.45) is 5.92 Å². The number of nitrogens with one attached hydrogen (secondary N) is 1. The largest absolute Gasteiger partial charge is 0.476 e. The first-order valence-electron chi connectivity index (χ1n) is 6.84. The maximum absolute atomic E-state index is 5.76. The maximum Gasteiger partial charge on any atom is 0.239 e. The normalized spacial score (nSPS) is 10.7. The molecule has 0 unspecified atom stereocenters. The van der Waals surface area contributed by atoms with E-state index in [1.165, 1.54) is 0 Å². The van der Waals surface area contributed by atoms with E-state index in [4.69, 9.17) is 15.2 Å². The third-order valence-electron chi connectivity index (χ3n) is 2.56. The van der Waals surface area contributed by atoms with Gasteiger partial charge in [0.05, 0.1) is 18.9 Å². The van der Waals surface area contributed by atoms with E-state index in [1.807, 2.05) is 13.0 Å². The summed E-state index contributed by atoms with van der Waals surface area (Å²) in [5, 5.41) is 3.19. The highest BCUT2D eigenvalue weighted by molar-refractivity contribution is 5.53. The van der Waals surface area contributed by atoms with Gasteiger partial charge >= 0.3 is 0 Å². The zero-order valence-electron chi connectivity index (χ0n) is 12.1. The van der Waals surface area contributed by atoms with Crippen LogP contribution >= 0.6 is 0 Å². The van der Waals surface area contributed by atoms with Gasteiger partial charge in [-0.05, 0) is 31.4 Å². The number of ether oxygens (including phenoxy) is 2. The summed E-state index contributed by atoms with van der Waals surface area (Å²) in [6.45, 7) is 9.04. The highest BCUT2D eigenvalue weighted by Gasteiger charge is 2.03. The summed E-state index contributed by atoms with van der Waals surface area (Å²) in [5.41, 5.74) is 6.31. The average Bonchev–Trinajstić information content (AvgIpc) is 2.37. The molecule has 0 bridgehead atoms. The van der Waals surface area contributed by atoms with Crippen LogP contribution in [0.25, 0.3) is 0 Å². The van der Waals surface area contributed by atoms with E-state index in [9.17, 15) is 0 Å². The van der Waals surface area contributed by atoms with Gasteiger partial charge in [0.2, 0.25) is 5.88 Å². The molecule has 0 aliphatic heterocycles. The Kier molecular flexibility index (Phi) is 7.03. The Morgan fingerprint density at radius 1 is 1.32 bits per heavy atom. The van der Waals surface area contributed by atoms with Gasteiger partial charge in [-0.3, -0.25) is 0 Å². The zero-order valence-corrected chi connectivity index (χ0v) is 12.1. The van der Waals surface area contributed by atoms with Gasteiger partial charge in [-0.15, -0.1) is 0 Å². The van der Waals surface area contributed by atoms with Crippen molar-refractivity contribution in [2.75, 3.05) is 37.4 Å². The quantitative estimate of drug-likeness (QED) is 0.673. The maximum atomic E-state index is 5.76. The highest BCUT2D eigenvalue weighted by atomic mass is 16.5. The van der Waals surface area contributed by atoms with Gasteiger partial charge < -0.3 is 20.5 Å². The lowest BCUT2D eigenvalue weighted by molar-refractivity contribution is 0.132. The fraction of sp³-hybridized carbons (Fsp3) is 0.643. The van der Waals surface area contributed by atoms with Gasteiger partial charge in [0.15, 0.2) is 0 Å². The van der Waals surface area contributed by atoms with Crippen molar-refractivity contribution in [1.29, 1.82) is 0 Å². The van der Waals surface area contributed by atoms with Crippen molar-refractivity contribution in [3.8, 4) is 5.88 Å². The number of hydrogen-bond acceptors (Lipinski definition) is 5. The molecule has 1 aromatic rings. The number of rotatable bonds is 9. The van der Waals surface area contributed by atoms with Gasteiger partial charge in [0, 0.05) is 13.2 Å². The SMILES string of the molecule is CCOc1nc(NCCOCCC(C)C)ccc1N. The number of nitrogens with zero attached hydrogens (tertiary/aromatic N) is 1. The van der Waals surface area contributed by atoms with Crippen LogP contribution in [0.4, 0.5) is 11.5 Å². The van der Waals surface area contributed by atoms with Crippen LogP contribution in [-0.2, 0) is 4.74 Å². The van der Waals surface area contributed by atoms with Crippen LogP contribution in [0.3, 0.4) is 0 Å². The summed E-state index contributed by atoms with van der Waals surface area (Å²) >= 11 is 0. The topological polar surface area (TPSA) is 69.4 Å². The number of hydrogen-bond donors (Lipinski definition) is 2. The molecule has 5 heteroatoms. The molecule has 0 saturated carbocycles. The van der Waals surface area contributed by atoms with Gasteiger partial charge in [-0.25, -0.2) is 0 Å². The van der Waals surface area contributed by atoms with Crippen molar-refractivity contribution in [3.05, 3.63) is 12.1 Å². The first-order chi connectivity index (χ1) is 9.13. The molecule has 0 aliphatic rings. The molecule has 5 nitrogen and oxygen atoms in total. The molecule has 0 aliphatic carbocycles. The fourth-order valence-corrected chi connectivity index (χ4v) is 1.47. The Morgan fingerprint density at radius 3 is 2.79 bits per heavy atom. The third-order valence-corrected chi connectivity index (χ3v) is 2.56. The number of anilines is 2. The van der Waals surface area contributed by atoms with E-state index < -0.39 is 0 Å². The molecule has 3 N–H and O–H groups in total. The Bertz CT molecular complexity index is 370. The molecule has 19 heavy (non-hydrogen) atoms. The smallest absolute Gasteiger partial charge is 0.239 e. The summed E-state index contributed by atoms with van der Waals surface area (Å²) in [7, 11) is 0. The Morgan fingerprint density at radius 2 is 2.11 bits per heavy atom. The van der Waals surface area contributed by atoms with Gasteiger partial charge in [-0.2, -0.15) is 4.98 Å². The van der Waals surface area contributed by atoms with E-state index in [1.54, 1.807) is 6.07 Å². The first-order valence-corrected chi connectivity index (χ1v) is 6.84. The summed E-state index contributed by atoms with van der Waals surface area (Å²) in [5.74, 6) is 1.92. The number of aromatic nitrogens is 1. The van der Waals surface area contributed by atoms with Crippen molar-refractivity contribution in [1.82, 2.24) is 4.98 Å². The molecule has 0 aromatic carbocycles. The molecule has 0 fully saturated rings. The van der Waals surface area contributed by atoms with E-state index in [0.29, 0.717) is 30.7 Å². The molecule has 0 amide bonds. The predicted molar refractivity (Wildman–Crippen MR) is 78.6 cm³/mol. The van der Waals surface area contributed by atoms with Crippen molar-refractivity contribution in [2.45, 2.75) is 27.2 Å². The van der Waals surface area contributed by atoms with Gasteiger partial charge in [-0.1, -0.05) is 13.8 Å². The summed E-state index contributed by atoms with van der Waals surface area (Å²) in [4.78, 5) is 4.29. The number of nitrogens with two attached hydrogens (primary N) is 1. The molecular formula is C14H25N3O2. The monoisotopic (exact) mass is 267 g/mol. The zero-order chi connectivity index (χ0) is 14.1. The minimum absolute atomic E-state index is 0.480. The van der Waals surface area contributed by atoms with Crippen molar-refractivity contribution < 1.29 is 9.47 Å². The molecular weight excluding hydrogens is 242 g/mol. The molecule has 0 radical (unpaired) electrons. The molecule has 0 atom stereocenters. The van der Waals surface area contributed by atoms with E-state index in [2.05, 4.69) is 24.1 Å². The minimum Gasteiger partial charge on any atom is -0.476 e. The van der Waals surface area contributed by atoms with E-state index in [-0.39, 0.29) is 0 Å². The summed E-state index contributed by atoms with van der Waals surface area (Å²) in [6, 6.07) is 3.63. The van der Waals surface area contributed by atoms with Crippen LogP contribution in [0.5, 0.6) is 5.88 Å². The lowest BCUT2D eigenvalue weighted by Gasteiger charge is -2.10. The Hall–Kier alpha value is -1.49. The van der Waals surface area contributed by atoms with Crippen LogP contribution in [-0.4, -0.2) is 31.3 Å². The standard InChI is InChI=1S/C14H25N3O2/c1-4-19-14-12(15)5-6-13(17-14)16-8-10-18-9-7-11(2)3/h5-6,11H,4,7-10,15H2,1-3H3,(H,16,17). The molecule has 0 spiro atoms. The minimum atomic E-state index is 0.480. The second kappa shape index (κ2) is 8.58. The van der Waals surface area contributed by atoms with Gasteiger partial charge in [0.25, 0.3) is 0 Å². The van der Waals surface area contributed by atoms with Crippen LogP contribution in [0.1, 0.15) is 27.2 Å². The molecule has 1 aromatic heterocycles. The van der Waals surface area contributed by atoms with Crippen molar-refractivity contribution in [3.63, 3.8) is 0 Å². The van der Waals surface area contributed by atoms with Crippen LogP contribution in [0, 0.1) is 5.92 Å². The number of pyridine rings is 1. The van der Waals surface area contributed by atoms with Crippen LogP contribution < -0.4 is 15.8 Å². The van der Waals surface area contributed by atoms with Crippen LogP contribution in [0.15, 0.2) is 12.1 Å². The average molecular weight is 267 g/mol. The fourth-order valence-electron chi connectivity index (χ4n) is 1.47. The Balaban J connectivity index is 2.27. The summed E-state index contributed by atoms with van der Waals surface area (Å²) in [6.07, 6.45) is 1.09. The number of nitrogen functional groups attached to an aromatic ring is 1.